The monoisotopic (exact) mass is 249 g/mol. The van der Waals surface area contributed by atoms with Crippen molar-refractivity contribution in [2.75, 3.05) is 6.79 Å². The Kier molecular flexibility index (Phi) is 3.57. The Hall–Kier alpha value is -2.37. The van der Waals surface area contributed by atoms with Gasteiger partial charge in [0, 0.05) is 6.20 Å². The van der Waals surface area contributed by atoms with E-state index in [1.807, 2.05) is 25.1 Å². The SMILES string of the molecule is C/C(=C/NNC(N)=O)Cc1ccc2c(c1)OCO2. The summed E-state index contributed by atoms with van der Waals surface area (Å²) in [6, 6.07) is 5.19. The van der Waals surface area contributed by atoms with E-state index in [0.29, 0.717) is 0 Å². The highest BCUT2D eigenvalue weighted by molar-refractivity contribution is 5.71. The Balaban J connectivity index is 1.94. The highest BCUT2D eigenvalue weighted by atomic mass is 16.7. The maximum atomic E-state index is 10.5. The summed E-state index contributed by atoms with van der Waals surface area (Å²) < 4.78 is 10.5. The molecule has 0 unspecified atom stereocenters. The molecule has 0 aliphatic carbocycles. The van der Waals surface area contributed by atoms with Gasteiger partial charge < -0.3 is 20.6 Å². The molecule has 96 valence electrons. The number of allylic oxidation sites excluding steroid dienone is 1. The second-order valence-electron chi connectivity index (χ2n) is 3.99. The summed E-state index contributed by atoms with van der Waals surface area (Å²) in [5.74, 6) is 1.54. The largest absolute Gasteiger partial charge is 0.454 e. The molecule has 0 saturated carbocycles. The van der Waals surface area contributed by atoms with E-state index in [0.717, 1.165) is 29.1 Å². The quantitative estimate of drug-likeness (QED) is 0.696. The molecular formula is C12H15N3O3. The first-order chi connectivity index (χ1) is 8.65. The number of nitrogens with two attached hydrogens (primary N) is 1. The summed E-state index contributed by atoms with van der Waals surface area (Å²) in [5, 5.41) is 0. The van der Waals surface area contributed by atoms with E-state index in [1.54, 1.807) is 6.20 Å². The van der Waals surface area contributed by atoms with E-state index in [1.165, 1.54) is 0 Å². The fourth-order valence-electron chi connectivity index (χ4n) is 1.65. The molecule has 4 N–H and O–H groups in total. The van der Waals surface area contributed by atoms with E-state index in [9.17, 15) is 4.79 Å². The fourth-order valence-corrected chi connectivity index (χ4v) is 1.65. The lowest BCUT2D eigenvalue weighted by Gasteiger charge is -2.05. The summed E-state index contributed by atoms with van der Waals surface area (Å²) in [5.41, 5.74) is 12.0. The van der Waals surface area contributed by atoms with Crippen LogP contribution in [0.15, 0.2) is 30.0 Å². The number of hydrogen-bond acceptors (Lipinski definition) is 4. The van der Waals surface area contributed by atoms with Crippen molar-refractivity contribution in [2.45, 2.75) is 13.3 Å². The molecule has 1 aromatic rings. The molecule has 1 aromatic carbocycles. The number of hydrazine groups is 1. The van der Waals surface area contributed by atoms with Crippen LogP contribution in [0, 0.1) is 0 Å². The Morgan fingerprint density at radius 2 is 2.22 bits per heavy atom. The molecule has 1 aliphatic rings. The zero-order valence-electron chi connectivity index (χ0n) is 10.0. The van der Waals surface area contributed by atoms with Crippen LogP contribution in [0.4, 0.5) is 4.79 Å². The van der Waals surface area contributed by atoms with E-state index in [-0.39, 0.29) is 6.79 Å². The second-order valence-corrected chi connectivity index (χ2v) is 3.99. The average Bonchev–Trinajstić information content (AvgIpc) is 2.75. The third kappa shape index (κ3) is 3.07. The molecule has 0 saturated heterocycles. The smallest absolute Gasteiger partial charge is 0.330 e. The lowest BCUT2D eigenvalue weighted by Crippen LogP contribution is -2.38. The van der Waals surface area contributed by atoms with Crippen molar-refractivity contribution in [1.29, 1.82) is 0 Å². The third-order valence-corrected chi connectivity index (χ3v) is 2.43. The number of urea groups is 1. The molecule has 0 aromatic heterocycles. The molecule has 0 spiro atoms. The lowest BCUT2D eigenvalue weighted by molar-refractivity contribution is 0.174. The van der Waals surface area contributed by atoms with Gasteiger partial charge in [-0.2, -0.15) is 0 Å². The molecule has 0 fully saturated rings. The van der Waals surface area contributed by atoms with Crippen LogP contribution in [-0.4, -0.2) is 12.8 Å². The van der Waals surface area contributed by atoms with Crippen molar-refractivity contribution in [3.05, 3.63) is 35.5 Å². The topological polar surface area (TPSA) is 85.6 Å². The van der Waals surface area contributed by atoms with E-state index in [4.69, 9.17) is 15.2 Å². The first-order valence-corrected chi connectivity index (χ1v) is 5.50. The summed E-state index contributed by atoms with van der Waals surface area (Å²) in [7, 11) is 0. The van der Waals surface area contributed by atoms with Gasteiger partial charge in [0.05, 0.1) is 0 Å². The van der Waals surface area contributed by atoms with E-state index < -0.39 is 6.03 Å². The van der Waals surface area contributed by atoms with Crippen molar-refractivity contribution in [3.63, 3.8) is 0 Å². The molecule has 0 radical (unpaired) electrons. The maximum Gasteiger partial charge on any atom is 0.330 e. The average molecular weight is 249 g/mol. The number of ether oxygens (including phenoxy) is 2. The van der Waals surface area contributed by atoms with Crippen LogP contribution in [0.1, 0.15) is 12.5 Å². The summed E-state index contributed by atoms with van der Waals surface area (Å²) in [4.78, 5) is 10.5. The molecule has 1 aliphatic heterocycles. The standard InChI is InChI=1S/C12H15N3O3/c1-8(6-14-15-12(13)16)4-9-2-3-10-11(5-9)18-7-17-10/h2-3,5-6,14H,4,7H2,1H3,(H3,13,15,16)/b8-6-. The number of benzene rings is 1. The predicted molar refractivity (Wildman–Crippen MR) is 65.9 cm³/mol. The Morgan fingerprint density at radius 3 is 3.00 bits per heavy atom. The summed E-state index contributed by atoms with van der Waals surface area (Å²) >= 11 is 0. The van der Waals surface area contributed by atoms with Crippen LogP contribution >= 0.6 is 0 Å². The lowest BCUT2D eigenvalue weighted by atomic mass is 10.1. The van der Waals surface area contributed by atoms with Gasteiger partial charge in [0.1, 0.15) is 0 Å². The minimum atomic E-state index is -0.623. The van der Waals surface area contributed by atoms with Gasteiger partial charge in [0.2, 0.25) is 6.79 Å². The van der Waals surface area contributed by atoms with Gasteiger partial charge in [-0.15, -0.1) is 0 Å². The Bertz CT molecular complexity index is 485. The van der Waals surface area contributed by atoms with Crippen LogP contribution in [0.3, 0.4) is 0 Å². The number of primary amides is 1. The molecule has 0 bridgehead atoms. The third-order valence-electron chi connectivity index (χ3n) is 2.43. The molecule has 6 nitrogen and oxygen atoms in total. The number of fused-ring (bicyclic) bond motifs is 1. The van der Waals surface area contributed by atoms with Crippen LogP contribution in [0.5, 0.6) is 11.5 Å². The first kappa shape index (κ1) is 12.1. The van der Waals surface area contributed by atoms with Crippen molar-refractivity contribution < 1.29 is 14.3 Å². The number of amides is 2. The van der Waals surface area contributed by atoms with E-state index in [2.05, 4.69) is 10.9 Å². The molecular weight excluding hydrogens is 234 g/mol. The van der Waals surface area contributed by atoms with Crippen LogP contribution in [0.2, 0.25) is 0 Å². The van der Waals surface area contributed by atoms with Gasteiger partial charge in [-0.25, -0.2) is 4.79 Å². The van der Waals surface area contributed by atoms with Crippen LogP contribution < -0.4 is 26.1 Å². The minimum Gasteiger partial charge on any atom is -0.454 e. The molecule has 2 amide bonds. The molecule has 18 heavy (non-hydrogen) atoms. The predicted octanol–water partition coefficient (Wildman–Crippen LogP) is 1.03. The molecule has 6 heteroatoms. The molecule has 2 rings (SSSR count). The van der Waals surface area contributed by atoms with Crippen molar-refractivity contribution in [2.24, 2.45) is 5.73 Å². The highest BCUT2D eigenvalue weighted by Gasteiger charge is 2.12. The number of nitrogens with one attached hydrogen (secondary N) is 2. The first-order valence-electron chi connectivity index (χ1n) is 5.50. The van der Waals surface area contributed by atoms with Crippen molar-refractivity contribution in [3.8, 4) is 11.5 Å². The number of carbonyl (C=O) groups excluding carboxylic acids is 1. The van der Waals surface area contributed by atoms with Crippen molar-refractivity contribution >= 4 is 6.03 Å². The summed E-state index contributed by atoms with van der Waals surface area (Å²) in [6.07, 6.45) is 2.43. The second kappa shape index (κ2) is 5.31. The number of hydrogen-bond donors (Lipinski definition) is 3. The van der Waals surface area contributed by atoms with Gasteiger partial charge in [0.25, 0.3) is 0 Å². The van der Waals surface area contributed by atoms with Gasteiger partial charge in [-0.1, -0.05) is 11.6 Å². The Morgan fingerprint density at radius 1 is 1.44 bits per heavy atom. The molecule has 1 heterocycles. The van der Waals surface area contributed by atoms with Gasteiger partial charge in [-0.3, -0.25) is 5.43 Å². The summed E-state index contributed by atoms with van der Waals surface area (Å²) in [6.45, 7) is 2.22. The van der Waals surface area contributed by atoms with Crippen LogP contribution in [0.25, 0.3) is 0 Å². The molecule has 0 atom stereocenters. The maximum absolute atomic E-state index is 10.5. The number of rotatable bonds is 4. The van der Waals surface area contributed by atoms with Gasteiger partial charge in [-0.05, 0) is 31.0 Å². The minimum absolute atomic E-state index is 0.275. The van der Waals surface area contributed by atoms with Gasteiger partial charge in [0.15, 0.2) is 11.5 Å². The fraction of sp³-hybridized carbons (Fsp3) is 0.250. The number of carbonyl (C=O) groups is 1. The zero-order valence-corrected chi connectivity index (χ0v) is 10.0. The highest BCUT2D eigenvalue weighted by Crippen LogP contribution is 2.32. The van der Waals surface area contributed by atoms with E-state index >= 15 is 0 Å². The van der Waals surface area contributed by atoms with Crippen LogP contribution in [-0.2, 0) is 6.42 Å². The zero-order chi connectivity index (χ0) is 13.0. The van der Waals surface area contributed by atoms with Gasteiger partial charge >= 0.3 is 6.03 Å². The van der Waals surface area contributed by atoms with Crippen molar-refractivity contribution in [1.82, 2.24) is 10.9 Å². The normalized spacial score (nSPS) is 13.3. The Labute approximate surface area is 105 Å².